The zero-order valence-electron chi connectivity index (χ0n) is 12.6. The molecule has 0 spiro atoms. The summed E-state index contributed by atoms with van der Waals surface area (Å²) in [5.41, 5.74) is 3.78. The van der Waals surface area contributed by atoms with Gasteiger partial charge in [-0.25, -0.2) is 0 Å². The lowest BCUT2D eigenvalue weighted by Gasteiger charge is -2.21. The van der Waals surface area contributed by atoms with E-state index in [1.54, 1.807) is 0 Å². The molecule has 2 rings (SSSR count). The molecule has 4 nitrogen and oxygen atoms in total. The fourth-order valence-corrected chi connectivity index (χ4v) is 2.30. The quantitative estimate of drug-likeness (QED) is 0.814. The van der Waals surface area contributed by atoms with Crippen molar-refractivity contribution in [1.29, 1.82) is 0 Å². The summed E-state index contributed by atoms with van der Waals surface area (Å²) in [6, 6.07) is 9.10. The first kappa shape index (κ1) is 14.6. The minimum atomic E-state index is 0.302. The highest BCUT2D eigenvalue weighted by Gasteiger charge is 2.06. The normalized spacial score (nSPS) is 12.3. The second-order valence-electron chi connectivity index (χ2n) is 4.97. The minimum absolute atomic E-state index is 0.302. The third-order valence-corrected chi connectivity index (χ3v) is 3.70. The van der Waals surface area contributed by atoms with Gasteiger partial charge in [-0.05, 0) is 38.5 Å². The van der Waals surface area contributed by atoms with Gasteiger partial charge in [-0.3, -0.25) is 5.10 Å². The van der Waals surface area contributed by atoms with Gasteiger partial charge in [0.2, 0.25) is 0 Å². The Morgan fingerprint density at radius 2 is 1.90 bits per heavy atom. The first-order valence-corrected chi connectivity index (χ1v) is 7.30. The van der Waals surface area contributed by atoms with Crippen LogP contribution < -0.4 is 10.2 Å². The molecule has 0 aliphatic carbocycles. The maximum atomic E-state index is 3.98. The fourth-order valence-electron chi connectivity index (χ4n) is 2.30. The van der Waals surface area contributed by atoms with Crippen LogP contribution in [-0.2, 0) is 6.54 Å². The first-order chi connectivity index (χ1) is 9.74. The fraction of sp³-hybridized carbons (Fsp3) is 0.438. The van der Waals surface area contributed by atoms with Gasteiger partial charge in [-0.15, -0.1) is 0 Å². The number of rotatable bonds is 7. The predicted octanol–water partition coefficient (Wildman–Crippen LogP) is 3.11. The number of aromatic nitrogens is 2. The van der Waals surface area contributed by atoms with Gasteiger partial charge in [0.25, 0.3) is 0 Å². The van der Waals surface area contributed by atoms with Crippen molar-refractivity contribution in [3.8, 4) is 0 Å². The van der Waals surface area contributed by atoms with Gasteiger partial charge >= 0.3 is 0 Å². The molecule has 0 aliphatic heterocycles. The van der Waals surface area contributed by atoms with Crippen LogP contribution >= 0.6 is 0 Å². The van der Waals surface area contributed by atoms with E-state index < -0.39 is 0 Å². The van der Waals surface area contributed by atoms with E-state index in [4.69, 9.17) is 0 Å². The van der Waals surface area contributed by atoms with E-state index in [1.165, 1.54) is 16.8 Å². The molecule has 0 radical (unpaired) electrons. The number of hydrogen-bond donors (Lipinski definition) is 2. The van der Waals surface area contributed by atoms with Crippen molar-refractivity contribution in [2.75, 3.05) is 18.0 Å². The Morgan fingerprint density at radius 3 is 2.45 bits per heavy atom. The van der Waals surface area contributed by atoms with Gasteiger partial charge in [-0.2, -0.15) is 5.10 Å². The van der Waals surface area contributed by atoms with Crippen LogP contribution in [0, 0.1) is 0 Å². The average molecular weight is 272 g/mol. The SMILES string of the molecule is CCN(CC)c1ccc(CNC(C)c2cn[nH]c2)cc1. The summed E-state index contributed by atoms with van der Waals surface area (Å²) in [5.74, 6) is 0. The molecule has 0 amide bonds. The average Bonchev–Trinajstić information content (AvgIpc) is 3.01. The molecule has 20 heavy (non-hydrogen) atoms. The topological polar surface area (TPSA) is 44.0 Å². The molecule has 2 aromatic rings. The third-order valence-electron chi connectivity index (χ3n) is 3.70. The second kappa shape index (κ2) is 7.10. The molecular formula is C16H24N4. The summed E-state index contributed by atoms with van der Waals surface area (Å²) in [4.78, 5) is 2.35. The van der Waals surface area contributed by atoms with Crippen molar-refractivity contribution in [3.63, 3.8) is 0 Å². The highest BCUT2D eigenvalue weighted by molar-refractivity contribution is 5.47. The number of anilines is 1. The zero-order valence-corrected chi connectivity index (χ0v) is 12.6. The van der Waals surface area contributed by atoms with Crippen LogP contribution in [0.25, 0.3) is 0 Å². The smallest absolute Gasteiger partial charge is 0.0534 e. The van der Waals surface area contributed by atoms with E-state index in [0.29, 0.717) is 6.04 Å². The summed E-state index contributed by atoms with van der Waals surface area (Å²) in [6.45, 7) is 9.48. The number of H-pyrrole nitrogens is 1. The molecule has 1 atom stereocenters. The monoisotopic (exact) mass is 272 g/mol. The van der Waals surface area contributed by atoms with Crippen molar-refractivity contribution < 1.29 is 0 Å². The molecule has 1 heterocycles. The van der Waals surface area contributed by atoms with Crippen LogP contribution in [0.15, 0.2) is 36.7 Å². The molecule has 0 bridgehead atoms. The summed E-state index contributed by atoms with van der Waals surface area (Å²) < 4.78 is 0. The Balaban J connectivity index is 1.91. The number of nitrogens with zero attached hydrogens (tertiary/aromatic N) is 2. The van der Waals surface area contributed by atoms with Crippen LogP contribution in [0.5, 0.6) is 0 Å². The molecule has 2 N–H and O–H groups in total. The molecule has 1 aromatic carbocycles. The Bertz CT molecular complexity index is 486. The first-order valence-electron chi connectivity index (χ1n) is 7.30. The standard InChI is InChI=1S/C16H24N4/c1-4-20(5-2)16-8-6-14(7-9-16)10-17-13(3)15-11-18-19-12-15/h6-9,11-13,17H,4-5,10H2,1-3H3,(H,18,19). The molecule has 1 unspecified atom stereocenters. The van der Waals surface area contributed by atoms with Crippen molar-refractivity contribution in [2.45, 2.75) is 33.4 Å². The molecule has 0 saturated carbocycles. The van der Waals surface area contributed by atoms with E-state index >= 15 is 0 Å². The van der Waals surface area contributed by atoms with Crippen molar-refractivity contribution >= 4 is 5.69 Å². The lowest BCUT2D eigenvalue weighted by Crippen LogP contribution is -2.22. The maximum Gasteiger partial charge on any atom is 0.0534 e. The van der Waals surface area contributed by atoms with Crippen molar-refractivity contribution in [3.05, 3.63) is 47.8 Å². The second-order valence-corrected chi connectivity index (χ2v) is 4.97. The Hall–Kier alpha value is -1.81. The van der Waals surface area contributed by atoms with E-state index in [0.717, 1.165) is 19.6 Å². The molecule has 0 fully saturated rings. The predicted molar refractivity (Wildman–Crippen MR) is 83.8 cm³/mol. The van der Waals surface area contributed by atoms with Crippen molar-refractivity contribution in [2.24, 2.45) is 0 Å². The van der Waals surface area contributed by atoms with E-state index in [9.17, 15) is 0 Å². The summed E-state index contributed by atoms with van der Waals surface area (Å²) in [7, 11) is 0. The number of hydrogen-bond acceptors (Lipinski definition) is 3. The number of nitrogens with one attached hydrogen (secondary N) is 2. The van der Waals surface area contributed by atoms with Gasteiger partial charge < -0.3 is 10.2 Å². The molecule has 0 aliphatic rings. The van der Waals surface area contributed by atoms with E-state index in [2.05, 4.69) is 65.5 Å². The Kier molecular flexibility index (Phi) is 5.18. The molecule has 0 saturated heterocycles. The van der Waals surface area contributed by atoms with Gasteiger partial charge in [0.05, 0.1) is 6.20 Å². The van der Waals surface area contributed by atoms with Gasteiger partial charge in [0.15, 0.2) is 0 Å². The molecule has 108 valence electrons. The van der Waals surface area contributed by atoms with E-state index in [1.807, 2.05) is 12.4 Å². The minimum Gasteiger partial charge on any atom is -0.372 e. The van der Waals surface area contributed by atoms with Crippen LogP contribution in [-0.4, -0.2) is 23.3 Å². The lowest BCUT2D eigenvalue weighted by molar-refractivity contribution is 0.575. The van der Waals surface area contributed by atoms with Gasteiger partial charge in [0, 0.05) is 43.1 Å². The molecule has 1 aromatic heterocycles. The Morgan fingerprint density at radius 1 is 1.20 bits per heavy atom. The number of benzene rings is 1. The van der Waals surface area contributed by atoms with Gasteiger partial charge in [0.1, 0.15) is 0 Å². The highest BCUT2D eigenvalue weighted by atomic mass is 15.1. The summed E-state index contributed by atoms with van der Waals surface area (Å²) in [6.07, 6.45) is 3.79. The summed E-state index contributed by atoms with van der Waals surface area (Å²) >= 11 is 0. The highest BCUT2D eigenvalue weighted by Crippen LogP contribution is 2.16. The Labute approximate surface area is 121 Å². The maximum absolute atomic E-state index is 3.98. The number of aromatic amines is 1. The van der Waals surface area contributed by atoms with Crippen LogP contribution in [0.2, 0.25) is 0 Å². The summed E-state index contributed by atoms with van der Waals surface area (Å²) in [5, 5.41) is 10.3. The van der Waals surface area contributed by atoms with Crippen LogP contribution in [0.3, 0.4) is 0 Å². The van der Waals surface area contributed by atoms with Gasteiger partial charge in [-0.1, -0.05) is 12.1 Å². The van der Waals surface area contributed by atoms with Crippen molar-refractivity contribution in [1.82, 2.24) is 15.5 Å². The van der Waals surface area contributed by atoms with Crippen LogP contribution in [0.1, 0.15) is 37.9 Å². The molecular weight excluding hydrogens is 248 g/mol. The lowest BCUT2D eigenvalue weighted by atomic mass is 10.1. The molecule has 4 heteroatoms. The van der Waals surface area contributed by atoms with Crippen LogP contribution in [0.4, 0.5) is 5.69 Å². The largest absolute Gasteiger partial charge is 0.372 e. The third kappa shape index (κ3) is 3.61. The zero-order chi connectivity index (χ0) is 14.4. The van der Waals surface area contributed by atoms with E-state index in [-0.39, 0.29) is 0 Å².